The maximum atomic E-state index is 13.6. The fraction of sp³-hybridized carbons (Fsp3) is 0.231. The summed E-state index contributed by atoms with van der Waals surface area (Å²) in [5, 5.41) is 13.3. The average molecular weight is 263 g/mol. The summed E-state index contributed by atoms with van der Waals surface area (Å²) in [7, 11) is 3.26. The van der Waals surface area contributed by atoms with Crippen molar-refractivity contribution in [3.8, 4) is 5.69 Å². The van der Waals surface area contributed by atoms with Gasteiger partial charge in [0, 0.05) is 25.9 Å². The van der Waals surface area contributed by atoms with Crippen molar-refractivity contribution in [2.75, 3.05) is 14.1 Å². The molecular formula is C13H14FN3O2. The van der Waals surface area contributed by atoms with E-state index in [-0.39, 0.29) is 17.2 Å². The van der Waals surface area contributed by atoms with Gasteiger partial charge in [0.05, 0.1) is 12.3 Å². The van der Waals surface area contributed by atoms with Crippen LogP contribution in [0.2, 0.25) is 0 Å². The van der Waals surface area contributed by atoms with Crippen LogP contribution in [0.15, 0.2) is 30.5 Å². The second-order valence-electron chi connectivity index (χ2n) is 4.24. The summed E-state index contributed by atoms with van der Waals surface area (Å²) in [6, 6.07) is 5.98. The molecule has 1 heterocycles. The topological polar surface area (TPSA) is 58.4 Å². The molecule has 0 atom stereocenters. The molecule has 1 N–H and O–H groups in total. The molecule has 0 spiro atoms. The lowest BCUT2D eigenvalue weighted by atomic mass is 10.2. The van der Waals surface area contributed by atoms with Crippen LogP contribution in [0, 0.1) is 5.82 Å². The van der Waals surface area contributed by atoms with Crippen LogP contribution in [0.4, 0.5) is 4.39 Å². The fourth-order valence-electron chi connectivity index (χ4n) is 1.72. The van der Waals surface area contributed by atoms with Gasteiger partial charge in [0.25, 0.3) is 5.91 Å². The van der Waals surface area contributed by atoms with Gasteiger partial charge in [0.15, 0.2) is 5.69 Å². The largest absolute Gasteiger partial charge is 0.391 e. The number of hydrogen-bond donors (Lipinski definition) is 1. The van der Waals surface area contributed by atoms with Crippen molar-refractivity contribution in [1.29, 1.82) is 0 Å². The number of nitrogens with zero attached hydrogens (tertiary/aromatic N) is 3. The Kier molecular flexibility index (Phi) is 3.62. The van der Waals surface area contributed by atoms with E-state index >= 15 is 0 Å². The van der Waals surface area contributed by atoms with Crippen LogP contribution in [-0.4, -0.2) is 39.8 Å². The number of hydrogen-bond acceptors (Lipinski definition) is 3. The van der Waals surface area contributed by atoms with Crippen molar-refractivity contribution < 1.29 is 14.3 Å². The Morgan fingerprint density at radius 1 is 1.42 bits per heavy atom. The molecule has 0 radical (unpaired) electrons. The van der Waals surface area contributed by atoms with Crippen LogP contribution in [0.25, 0.3) is 5.69 Å². The van der Waals surface area contributed by atoms with Crippen LogP contribution >= 0.6 is 0 Å². The fourth-order valence-corrected chi connectivity index (χ4v) is 1.72. The summed E-state index contributed by atoms with van der Waals surface area (Å²) < 4.78 is 14.9. The molecule has 5 nitrogen and oxygen atoms in total. The minimum Gasteiger partial charge on any atom is -0.391 e. The predicted molar refractivity (Wildman–Crippen MR) is 67.5 cm³/mol. The summed E-state index contributed by atoms with van der Waals surface area (Å²) in [6.07, 6.45) is 1.56. The van der Waals surface area contributed by atoms with Crippen molar-refractivity contribution in [3.63, 3.8) is 0 Å². The van der Waals surface area contributed by atoms with Crippen molar-refractivity contribution in [2.45, 2.75) is 6.61 Å². The molecule has 1 aromatic carbocycles. The quantitative estimate of drug-likeness (QED) is 0.905. The smallest absolute Gasteiger partial charge is 0.273 e. The van der Waals surface area contributed by atoms with E-state index < -0.39 is 12.4 Å². The first kappa shape index (κ1) is 13.2. The predicted octanol–water partition coefficient (Wildman–Crippen LogP) is 1.21. The van der Waals surface area contributed by atoms with Gasteiger partial charge in [-0.3, -0.25) is 4.79 Å². The zero-order valence-electron chi connectivity index (χ0n) is 10.7. The van der Waals surface area contributed by atoms with E-state index in [2.05, 4.69) is 5.10 Å². The van der Waals surface area contributed by atoms with Gasteiger partial charge in [0.2, 0.25) is 0 Å². The molecule has 0 fully saturated rings. The number of halogens is 1. The molecule has 1 amide bonds. The van der Waals surface area contributed by atoms with Gasteiger partial charge < -0.3 is 10.0 Å². The summed E-state index contributed by atoms with van der Waals surface area (Å²) >= 11 is 0. The lowest BCUT2D eigenvalue weighted by molar-refractivity contribution is 0.0821. The first-order valence-electron chi connectivity index (χ1n) is 5.70. The highest BCUT2D eigenvalue weighted by Crippen LogP contribution is 2.18. The third kappa shape index (κ3) is 2.48. The summed E-state index contributed by atoms with van der Waals surface area (Å²) in [5.41, 5.74) is 0.827. The van der Waals surface area contributed by atoms with Crippen molar-refractivity contribution in [2.24, 2.45) is 0 Å². The second-order valence-corrected chi connectivity index (χ2v) is 4.24. The highest BCUT2D eigenvalue weighted by Gasteiger charge is 2.14. The minimum atomic E-state index is -0.504. The van der Waals surface area contributed by atoms with E-state index in [1.54, 1.807) is 32.4 Å². The third-order valence-electron chi connectivity index (χ3n) is 2.71. The molecule has 0 saturated carbocycles. The monoisotopic (exact) mass is 263 g/mol. The SMILES string of the molecule is CN(C)C(=O)c1ccn(-c2cccc(F)c2CO)n1. The van der Waals surface area contributed by atoms with E-state index in [1.807, 2.05) is 0 Å². The molecule has 2 aromatic rings. The lowest BCUT2D eigenvalue weighted by Crippen LogP contribution is -2.22. The number of aliphatic hydroxyl groups excluding tert-OH is 1. The van der Waals surface area contributed by atoms with Gasteiger partial charge in [-0.25, -0.2) is 9.07 Å². The van der Waals surface area contributed by atoms with E-state index in [9.17, 15) is 14.3 Å². The Balaban J connectivity index is 2.44. The number of benzene rings is 1. The molecule has 0 aliphatic heterocycles. The highest BCUT2D eigenvalue weighted by molar-refractivity contribution is 5.91. The van der Waals surface area contributed by atoms with Gasteiger partial charge in [-0.1, -0.05) is 6.07 Å². The van der Waals surface area contributed by atoms with Crippen LogP contribution < -0.4 is 0 Å². The van der Waals surface area contributed by atoms with Crippen molar-refractivity contribution in [1.82, 2.24) is 14.7 Å². The summed E-state index contributed by atoms with van der Waals surface area (Å²) in [6.45, 7) is -0.432. The second kappa shape index (κ2) is 5.19. The molecule has 0 unspecified atom stereocenters. The van der Waals surface area contributed by atoms with Crippen LogP contribution in [0.1, 0.15) is 16.1 Å². The zero-order valence-corrected chi connectivity index (χ0v) is 10.7. The van der Waals surface area contributed by atoms with Gasteiger partial charge >= 0.3 is 0 Å². The van der Waals surface area contributed by atoms with Crippen LogP contribution in [0.3, 0.4) is 0 Å². The van der Waals surface area contributed by atoms with Crippen LogP contribution in [0.5, 0.6) is 0 Å². The average Bonchev–Trinajstić information content (AvgIpc) is 2.86. The van der Waals surface area contributed by atoms with Gasteiger partial charge in [-0.15, -0.1) is 0 Å². The Morgan fingerprint density at radius 3 is 2.79 bits per heavy atom. The minimum absolute atomic E-state index is 0.148. The van der Waals surface area contributed by atoms with Gasteiger partial charge in [-0.2, -0.15) is 5.10 Å². The maximum Gasteiger partial charge on any atom is 0.273 e. The molecule has 0 bridgehead atoms. The molecule has 0 aliphatic rings. The Morgan fingerprint density at radius 2 is 2.16 bits per heavy atom. The number of amides is 1. The zero-order chi connectivity index (χ0) is 14.0. The number of aromatic nitrogens is 2. The number of carbonyl (C=O) groups is 1. The molecule has 19 heavy (non-hydrogen) atoms. The van der Waals surface area contributed by atoms with E-state index in [4.69, 9.17) is 0 Å². The molecule has 2 rings (SSSR count). The molecule has 0 saturated heterocycles. The van der Waals surface area contributed by atoms with E-state index in [0.29, 0.717) is 5.69 Å². The molecular weight excluding hydrogens is 249 g/mol. The Labute approximate surface area is 109 Å². The third-order valence-corrected chi connectivity index (χ3v) is 2.71. The van der Waals surface area contributed by atoms with E-state index in [1.165, 1.54) is 21.7 Å². The van der Waals surface area contributed by atoms with Crippen molar-refractivity contribution in [3.05, 3.63) is 47.5 Å². The van der Waals surface area contributed by atoms with Crippen molar-refractivity contribution >= 4 is 5.91 Å². The van der Waals surface area contributed by atoms with Crippen LogP contribution in [-0.2, 0) is 6.61 Å². The number of rotatable bonds is 3. The normalized spacial score (nSPS) is 10.5. The summed E-state index contributed by atoms with van der Waals surface area (Å²) in [5.74, 6) is -0.739. The molecule has 6 heteroatoms. The Hall–Kier alpha value is -2.21. The van der Waals surface area contributed by atoms with Gasteiger partial charge in [0.1, 0.15) is 5.82 Å². The highest BCUT2D eigenvalue weighted by atomic mass is 19.1. The molecule has 0 aliphatic carbocycles. The molecule has 100 valence electrons. The lowest BCUT2D eigenvalue weighted by Gasteiger charge is -2.09. The Bertz CT molecular complexity index is 608. The standard InChI is InChI=1S/C13H14FN3O2/c1-16(2)13(19)11-6-7-17(15-11)12-5-3-4-10(14)9(12)8-18/h3-7,18H,8H2,1-2H3. The number of aliphatic hydroxyl groups is 1. The summed E-state index contributed by atoms with van der Waals surface area (Å²) in [4.78, 5) is 13.1. The first-order valence-corrected chi connectivity index (χ1v) is 5.70. The van der Waals surface area contributed by atoms with E-state index in [0.717, 1.165) is 0 Å². The van der Waals surface area contributed by atoms with Gasteiger partial charge in [-0.05, 0) is 18.2 Å². The number of carbonyl (C=O) groups excluding carboxylic acids is 1. The maximum absolute atomic E-state index is 13.6. The molecule has 1 aromatic heterocycles. The first-order chi connectivity index (χ1) is 9.04.